The second-order valence-electron chi connectivity index (χ2n) is 3.10. The van der Waals surface area contributed by atoms with Gasteiger partial charge in [0.05, 0.1) is 12.2 Å². The van der Waals surface area contributed by atoms with Crippen molar-refractivity contribution >= 4 is 28.5 Å². The number of hydrogen-bond donors (Lipinski definition) is 3. The van der Waals surface area contributed by atoms with Crippen LogP contribution in [0.3, 0.4) is 0 Å². The highest BCUT2D eigenvalue weighted by atomic mass is 35.5. The third-order valence-corrected chi connectivity index (χ3v) is 3.33. The van der Waals surface area contributed by atoms with E-state index in [9.17, 15) is 9.59 Å². The summed E-state index contributed by atoms with van der Waals surface area (Å²) in [7, 11) is 0. The minimum Gasteiger partial charge on any atom is -0.363 e. The predicted octanol–water partition coefficient (Wildman–Crippen LogP) is -0.0910. The number of hydrogen-bond acceptors (Lipinski definition) is 5. The van der Waals surface area contributed by atoms with Gasteiger partial charge in [0.25, 0.3) is 5.56 Å². The second kappa shape index (κ2) is 4.75. The highest BCUT2D eigenvalue weighted by molar-refractivity contribution is 8.13. The van der Waals surface area contributed by atoms with Crippen LogP contribution in [-0.2, 0) is 5.75 Å². The molecule has 0 spiro atoms. The molecule has 0 saturated heterocycles. The lowest BCUT2D eigenvalue weighted by Crippen LogP contribution is -2.24. The van der Waals surface area contributed by atoms with Crippen molar-refractivity contribution in [1.82, 2.24) is 15.3 Å². The van der Waals surface area contributed by atoms with E-state index in [1.165, 1.54) is 11.8 Å². The summed E-state index contributed by atoms with van der Waals surface area (Å²) >= 11 is 7.16. The molecule has 6 nitrogen and oxygen atoms in total. The Morgan fingerprint density at radius 1 is 1.38 bits per heavy atom. The minimum absolute atomic E-state index is 0.0192. The number of thioether (sulfide) groups is 1. The van der Waals surface area contributed by atoms with Gasteiger partial charge < -0.3 is 10.3 Å². The van der Waals surface area contributed by atoms with E-state index in [0.29, 0.717) is 11.4 Å². The van der Waals surface area contributed by atoms with Crippen molar-refractivity contribution in [3.05, 3.63) is 31.6 Å². The van der Waals surface area contributed by atoms with Crippen LogP contribution in [0.25, 0.3) is 0 Å². The highest BCUT2D eigenvalue weighted by Crippen LogP contribution is 2.15. The van der Waals surface area contributed by atoms with Crippen LogP contribution in [0.5, 0.6) is 0 Å². The van der Waals surface area contributed by atoms with Crippen molar-refractivity contribution in [3.8, 4) is 0 Å². The zero-order valence-electron chi connectivity index (χ0n) is 8.17. The second-order valence-corrected chi connectivity index (χ2v) is 4.45. The number of aliphatic imine (C=N–C) groups is 1. The van der Waals surface area contributed by atoms with Crippen molar-refractivity contribution in [2.24, 2.45) is 4.99 Å². The van der Waals surface area contributed by atoms with E-state index >= 15 is 0 Å². The summed E-state index contributed by atoms with van der Waals surface area (Å²) in [6.07, 6.45) is 0. The number of nitrogens with one attached hydrogen (secondary N) is 3. The summed E-state index contributed by atoms with van der Waals surface area (Å²) in [5, 5.41) is 3.89. The van der Waals surface area contributed by atoms with Gasteiger partial charge in [-0.15, -0.1) is 0 Å². The van der Waals surface area contributed by atoms with Crippen LogP contribution in [0.4, 0.5) is 0 Å². The summed E-state index contributed by atoms with van der Waals surface area (Å²) in [6, 6.07) is 0. The van der Waals surface area contributed by atoms with Crippen molar-refractivity contribution in [3.63, 3.8) is 0 Å². The molecule has 0 unspecified atom stereocenters. The zero-order valence-corrected chi connectivity index (χ0v) is 9.74. The standard InChI is InChI=1S/C8H9ClN4O2S/c9-5-4(12-7(15)13-6(5)14)3-16-8-10-1-2-11-8/h1-3H2,(H,10,11)(H2,12,13,14,15). The Balaban J connectivity index is 2.15. The van der Waals surface area contributed by atoms with Gasteiger partial charge in [-0.25, -0.2) is 4.79 Å². The average molecular weight is 261 g/mol. The average Bonchev–Trinajstić information content (AvgIpc) is 2.74. The Bertz CT molecular complexity index is 536. The topological polar surface area (TPSA) is 90.1 Å². The molecule has 1 aromatic heterocycles. The summed E-state index contributed by atoms with van der Waals surface area (Å²) in [4.78, 5) is 30.9. The third kappa shape index (κ3) is 2.48. The summed E-state index contributed by atoms with van der Waals surface area (Å²) < 4.78 is 0. The van der Waals surface area contributed by atoms with E-state index in [2.05, 4.69) is 20.3 Å². The molecule has 1 aromatic rings. The number of aromatic amines is 2. The molecule has 0 aliphatic carbocycles. The molecule has 1 aliphatic heterocycles. The van der Waals surface area contributed by atoms with Gasteiger partial charge in [0.2, 0.25) is 0 Å². The third-order valence-electron chi connectivity index (χ3n) is 1.95. The summed E-state index contributed by atoms with van der Waals surface area (Å²) in [5.41, 5.74) is -0.703. The number of H-pyrrole nitrogens is 2. The normalized spacial score (nSPS) is 14.7. The van der Waals surface area contributed by atoms with Gasteiger partial charge in [0.15, 0.2) is 5.17 Å². The van der Waals surface area contributed by atoms with Gasteiger partial charge in [0.1, 0.15) is 5.02 Å². The van der Waals surface area contributed by atoms with Crippen LogP contribution in [0.2, 0.25) is 5.02 Å². The fraction of sp³-hybridized carbons (Fsp3) is 0.375. The van der Waals surface area contributed by atoms with Crippen molar-refractivity contribution < 1.29 is 0 Å². The first-order chi connectivity index (χ1) is 7.66. The lowest BCUT2D eigenvalue weighted by Gasteiger charge is -2.03. The Morgan fingerprint density at radius 2 is 2.19 bits per heavy atom. The van der Waals surface area contributed by atoms with Crippen molar-refractivity contribution in [2.45, 2.75) is 5.75 Å². The van der Waals surface area contributed by atoms with E-state index in [4.69, 9.17) is 11.6 Å². The molecule has 0 amide bonds. The smallest absolute Gasteiger partial charge is 0.326 e. The SMILES string of the molecule is O=c1[nH]c(CSC2=NCCN2)c(Cl)c(=O)[nH]1. The molecule has 0 atom stereocenters. The van der Waals surface area contributed by atoms with E-state index in [1.54, 1.807) is 0 Å². The van der Waals surface area contributed by atoms with E-state index in [-0.39, 0.29) is 5.02 Å². The molecule has 2 heterocycles. The first kappa shape index (κ1) is 11.3. The fourth-order valence-corrected chi connectivity index (χ4v) is 2.36. The minimum atomic E-state index is -0.567. The van der Waals surface area contributed by atoms with Gasteiger partial charge in [-0.05, 0) is 0 Å². The maximum Gasteiger partial charge on any atom is 0.326 e. The Hall–Kier alpha value is -1.21. The maximum absolute atomic E-state index is 11.2. The van der Waals surface area contributed by atoms with E-state index in [0.717, 1.165) is 18.3 Å². The quantitative estimate of drug-likeness (QED) is 0.693. The Kier molecular flexibility index (Phi) is 3.35. The van der Waals surface area contributed by atoms with Crippen LogP contribution >= 0.6 is 23.4 Å². The van der Waals surface area contributed by atoms with Gasteiger partial charge >= 0.3 is 5.69 Å². The van der Waals surface area contributed by atoms with E-state index in [1.807, 2.05) is 0 Å². The molecular weight excluding hydrogens is 252 g/mol. The number of rotatable bonds is 2. The maximum atomic E-state index is 11.2. The summed E-state index contributed by atoms with van der Waals surface area (Å²) in [5.74, 6) is 0.407. The fourth-order valence-electron chi connectivity index (χ4n) is 1.23. The lowest BCUT2D eigenvalue weighted by molar-refractivity contribution is 0.963. The van der Waals surface area contributed by atoms with Gasteiger partial charge in [-0.1, -0.05) is 23.4 Å². The zero-order chi connectivity index (χ0) is 11.5. The molecule has 3 N–H and O–H groups in total. The Labute approximate surface area is 99.5 Å². The number of aromatic nitrogens is 2. The predicted molar refractivity (Wildman–Crippen MR) is 64.3 cm³/mol. The van der Waals surface area contributed by atoms with E-state index < -0.39 is 11.2 Å². The molecule has 0 radical (unpaired) electrons. The molecule has 16 heavy (non-hydrogen) atoms. The monoisotopic (exact) mass is 260 g/mol. The van der Waals surface area contributed by atoms with Crippen molar-refractivity contribution in [1.29, 1.82) is 0 Å². The first-order valence-corrected chi connectivity index (χ1v) is 5.95. The molecule has 0 fully saturated rings. The highest BCUT2D eigenvalue weighted by Gasteiger charge is 2.10. The molecule has 86 valence electrons. The van der Waals surface area contributed by atoms with Gasteiger partial charge in [-0.2, -0.15) is 0 Å². The molecule has 1 aliphatic rings. The first-order valence-electron chi connectivity index (χ1n) is 4.59. The number of halogens is 1. The molecule has 0 aromatic carbocycles. The number of amidine groups is 1. The van der Waals surface area contributed by atoms with Crippen LogP contribution < -0.4 is 16.6 Å². The van der Waals surface area contributed by atoms with Crippen molar-refractivity contribution in [2.75, 3.05) is 13.1 Å². The van der Waals surface area contributed by atoms with Crippen LogP contribution in [0, 0.1) is 0 Å². The molecule has 8 heteroatoms. The number of nitrogens with zero attached hydrogens (tertiary/aromatic N) is 1. The van der Waals surface area contributed by atoms with Gasteiger partial charge in [-0.3, -0.25) is 14.8 Å². The van der Waals surface area contributed by atoms with Crippen LogP contribution in [0.1, 0.15) is 5.69 Å². The summed E-state index contributed by atoms with van der Waals surface area (Å²) in [6.45, 7) is 1.57. The molecule has 2 rings (SSSR count). The molecular formula is C8H9ClN4O2S. The van der Waals surface area contributed by atoms with Crippen LogP contribution in [-0.4, -0.2) is 28.2 Å². The van der Waals surface area contributed by atoms with Crippen LogP contribution in [0.15, 0.2) is 14.6 Å². The lowest BCUT2D eigenvalue weighted by atomic mass is 10.4. The largest absolute Gasteiger partial charge is 0.363 e. The molecule has 0 bridgehead atoms. The Morgan fingerprint density at radius 3 is 2.88 bits per heavy atom. The molecule has 0 saturated carbocycles. The van der Waals surface area contributed by atoms with Gasteiger partial charge in [0, 0.05) is 12.3 Å².